The number of likely N-dealkylation sites (N-methyl/N-ethyl adjacent to an activating group) is 1. The number of nitrogens with zero attached hydrogens (tertiary/aromatic N) is 2. The lowest BCUT2D eigenvalue weighted by atomic mass is 10.3. The second kappa shape index (κ2) is 6.83. The maximum Gasteiger partial charge on any atom is 0.270 e. The van der Waals surface area contributed by atoms with Crippen LogP contribution < -0.4 is 5.32 Å². The van der Waals surface area contributed by atoms with Crippen LogP contribution in [0.2, 0.25) is 0 Å². The van der Waals surface area contributed by atoms with Gasteiger partial charge in [0.1, 0.15) is 4.90 Å². The van der Waals surface area contributed by atoms with Gasteiger partial charge in [-0.2, -0.15) is 4.31 Å². The average molecular weight is 317 g/mol. The summed E-state index contributed by atoms with van der Waals surface area (Å²) in [5.41, 5.74) is -0.0128. The first-order valence-electron chi connectivity index (χ1n) is 6.36. The summed E-state index contributed by atoms with van der Waals surface area (Å²) < 4.78 is 26.0. The number of nitrogens with one attached hydrogen (secondary N) is 1. The first-order chi connectivity index (χ1) is 9.70. The number of non-ortho nitro benzene ring substituents is 1. The lowest BCUT2D eigenvalue weighted by Crippen LogP contribution is -2.33. The molecule has 0 fully saturated rings. The van der Waals surface area contributed by atoms with Crippen LogP contribution in [0.25, 0.3) is 0 Å². The van der Waals surface area contributed by atoms with E-state index in [1.807, 2.05) is 0 Å². The Hall–Kier alpha value is -1.71. The Balaban J connectivity index is 3.36. The van der Waals surface area contributed by atoms with Gasteiger partial charge in [0.15, 0.2) is 0 Å². The van der Waals surface area contributed by atoms with Gasteiger partial charge in [0.05, 0.1) is 16.7 Å². The van der Waals surface area contributed by atoms with Crippen LogP contribution in [0, 0.1) is 10.1 Å². The third kappa shape index (κ3) is 4.13. The SMILES string of the molecule is CCNc1ccc([N+](=O)[O-])cc1S(=O)(=O)N(C)CC(C)O. The third-order valence-corrected chi connectivity index (χ3v) is 4.62. The summed E-state index contributed by atoms with van der Waals surface area (Å²) in [7, 11) is -2.62. The number of benzene rings is 1. The summed E-state index contributed by atoms with van der Waals surface area (Å²) in [6.07, 6.45) is -0.842. The molecule has 1 atom stereocenters. The number of aliphatic hydroxyl groups is 1. The molecular formula is C12H19N3O5S. The molecule has 118 valence electrons. The van der Waals surface area contributed by atoms with Crippen LogP contribution in [0.3, 0.4) is 0 Å². The minimum atomic E-state index is -3.94. The van der Waals surface area contributed by atoms with Gasteiger partial charge in [-0.3, -0.25) is 10.1 Å². The van der Waals surface area contributed by atoms with E-state index in [0.29, 0.717) is 12.2 Å². The van der Waals surface area contributed by atoms with E-state index in [0.717, 1.165) is 10.4 Å². The van der Waals surface area contributed by atoms with Gasteiger partial charge in [0.25, 0.3) is 5.69 Å². The van der Waals surface area contributed by atoms with E-state index in [9.17, 15) is 23.6 Å². The van der Waals surface area contributed by atoms with Crippen LogP contribution in [0.15, 0.2) is 23.1 Å². The smallest absolute Gasteiger partial charge is 0.270 e. The second-order valence-electron chi connectivity index (χ2n) is 4.60. The standard InChI is InChI=1S/C12H19N3O5S/c1-4-13-11-6-5-10(15(17)18)7-12(11)21(19,20)14(3)8-9(2)16/h5-7,9,13,16H,4,8H2,1-3H3. The molecule has 2 N–H and O–H groups in total. The molecule has 0 saturated carbocycles. The van der Waals surface area contributed by atoms with Gasteiger partial charge in [0, 0.05) is 32.3 Å². The molecule has 0 aliphatic rings. The van der Waals surface area contributed by atoms with Crippen molar-refractivity contribution in [2.75, 3.05) is 25.5 Å². The molecule has 0 amide bonds. The highest BCUT2D eigenvalue weighted by Gasteiger charge is 2.27. The first-order valence-corrected chi connectivity index (χ1v) is 7.80. The van der Waals surface area contributed by atoms with Crippen LogP contribution in [-0.2, 0) is 10.0 Å². The number of nitro benzene ring substituents is 1. The van der Waals surface area contributed by atoms with Crippen molar-refractivity contribution in [2.45, 2.75) is 24.8 Å². The Kier molecular flexibility index (Phi) is 5.64. The molecule has 0 radical (unpaired) electrons. The maximum absolute atomic E-state index is 12.5. The lowest BCUT2D eigenvalue weighted by Gasteiger charge is -2.20. The molecule has 0 saturated heterocycles. The minimum Gasteiger partial charge on any atom is -0.392 e. The Morgan fingerprint density at radius 2 is 2.10 bits per heavy atom. The molecule has 9 heteroatoms. The maximum atomic E-state index is 12.5. The molecule has 1 aromatic carbocycles. The van der Waals surface area contributed by atoms with E-state index in [-0.39, 0.29) is 17.1 Å². The highest BCUT2D eigenvalue weighted by atomic mass is 32.2. The molecule has 0 aromatic heterocycles. The number of anilines is 1. The summed E-state index contributed by atoms with van der Waals surface area (Å²) >= 11 is 0. The molecule has 8 nitrogen and oxygen atoms in total. The van der Waals surface area contributed by atoms with Crippen molar-refractivity contribution in [2.24, 2.45) is 0 Å². The van der Waals surface area contributed by atoms with Crippen LogP contribution in [0.4, 0.5) is 11.4 Å². The van der Waals surface area contributed by atoms with Crippen molar-refractivity contribution < 1.29 is 18.4 Å². The van der Waals surface area contributed by atoms with E-state index in [2.05, 4.69) is 5.32 Å². The largest absolute Gasteiger partial charge is 0.392 e. The van der Waals surface area contributed by atoms with Gasteiger partial charge >= 0.3 is 0 Å². The second-order valence-corrected chi connectivity index (χ2v) is 6.62. The fourth-order valence-electron chi connectivity index (χ4n) is 1.81. The lowest BCUT2D eigenvalue weighted by molar-refractivity contribution is -0.385. The first kappa shape index (κ1) is 17.3. The normalized spacial score (nSPS) is 13.2. The van der Waals surface area contributed by atoms with Crippen LogP contribution in [-0.4, -0.2) is 49.0 Å². The zero-order valence-electron chi connectivity index (χ0n) is 12.1. The van der Waals surface area contributed by atoms with Gasteiger partial charge in [-0.05, 0) is 19.9 Å². The predicted molar refractivity (Wildman–Crippen MR) is 78.8 cm³/mol. The number of nitro groups is 1. The fraction of sp³-hybridized carbons (Fsp3) is 0.500. The molecule has 0 bridgehead atoms. The molecule has 1 aromatic rings. The molecule has 0 heterocycles. The summed E-state index contributed by atoms with van der Waals surface area (Å²) in [4.78, 5) is 10.0. The van der Waals surface area contributed by atoms with Crippen molar-refractivity contribution in [3.05, 3.63) is 28.3 Å². The Morgan fingerprint density at radius 3 is 2.57 bits per heavy atom. The highest BCUT2D eigenvalue weighted by molar-refractivity contribution is 7.89. The van der Waals surface area contributed by atoms with Gasteiger partial charge in [-0.25, -0.2) is 8.42 Å². The Labute approximate surface area is 123 Å². The molecule has 0 spiro atoms. The van der Waals surface area contributed by atoms with E-state index < -0.39 is 21.1 Å². The average Bonchev–Trinajstić information content (AvgIpc) is 2.38. The fourth-order valence-corrected chi connectivity index (χ4v) is 3.25. The van der Waals surface area contributed by atoms with Gasteiger partial charge in [-0.1, -0.05) is 0 Å². The summed E-state index contributed by atoms with van der Waals surface area (Å²) in [6, 6.07) is 3.63. The topological polar surface area (TPSA) is 113 Å². The van der Waals surface area contributed by atoms with Gasteiger partial charge in [-0.15, -0.1) is 0 Å². The summed E-state index contributed by atoms with van der Waals surface area (Å²) in [6.45, 7) is 3.62. The quantitative estimate of drug-likeness (QED) is 0.573. The Morgan fingerprint density at radius 1 is 1.48 bits per heavy atom. The van der Waals surface area contributed by atoms with Crippen molar-refractivity contribution >= 4 is 21.4 Å². The van der Waals surface area contributed by atoms with Gasteiger partial charge in [0.2, 0.25) is 10.0 Å². The monoisotopic (exact) mass is 317 g/mol. The minimum absolute atomic E-state index is 0.101. The van der Waals surface area contributed by atoms with Crippen LogP contribution >= 0.6 is 0 Å². The molecule has 21 heavy (non-hydrogen) atoms. The number of hydrogen-bond acceptors (Lipinski definition) is 6. The number of rotatable bonds is 7. The van der Waals surface area contributed by atoms with Crippen molar-refractivity contribution in [3.63, 3.8) is 0 Å². The van der Waals surface area contributed by atoms with E-state index in [1.165, 1.54) is 26.1 Å². The Bertz CT molecular complexity index is 615. The molecule has 0 aliphatic heterocycles. The summed E-state index contributed by atoms with van der Waals surface area (Å²) in [5.74, 6) is 0. The number of aliphatic hydroxyl groups excluding tert-OH is 1. The van der Waals surface area contributed by atoms with E-state index in [1.54, 1.807) is 6.92 Å². The number of hydrogen-bond donors (Lipinski definition) is 2. The third-order valence-electron chi connectivity index (χ3n) is 2.75. The van der Waals surface area contributed by atoms with Gasteiger partial charge < -0.3 is 10.4 Å². The zero-order chi connectivity index (χ0) is 16.2. The van der Waals surface area contributed by atoms with Crippen LogP contribution in [0.5, 0.6) is 0 Å². The number of sulfonamides is 1. The van der Waals surface area contributed by atoms with Crippen LogP contribution in [0.1, 0.15) is 13.8 Å². The van der Waals surface area contributed by atoms with Crippen molar-refractivity contribution in [3.8, 4) is 0 Å². The zero-order valence-corrected chi connectivity index (χ0v) is 12.9. The van der Waals surface area contributed by atoms with E-state index >= 15 is 0 Å². The summed E-state index contributed by atoms with van der Waals surface area (Å²) in [5, 5.41) is 23.0. The van der Waals surface area contributed by atoms with Crippen molar-refractivity contribution in [1.29, 1.82) is 0 Å². The molecule has 1 unspecified atom stereocenters. The van der Waals surface area contributed by atoms with Crippen molar-refractivity contribution in [1.82, 2.24) is 4.31 Å². The van der Waals surface area contributed by atoms with E-state index in [4.69, 9.17) is 0 Å². The molecule has 0 aliphatic carbocycles. The molecule has 1 rings (SSSR count). The highest BCUT2D eigenvalue weighted by Crippen LogP contribution is 2.28. The predicted octanol–water partition coefficient (Wildman–Crippen LogP) is 1.03. The molecular weight excluding hydrogens is 298 g/mol.